The van der Waals surface area contributed by atoms with Crippen LogP contribution in [-0.2, 0) is 29.5 Å². The Labute approximate surface area is 237 Å². The van der Waals surface area contributed by atoms with Gasteiger partial charge in [-0.05, 0) is 53.3 Å². The van der Waals surface area contributed by atoms with Crippen molar-refractivity contribution in [1.82, 2.24) is 18.8 Å². The van der Waals surface area contributed by atoms with Crippen LogP contribution in [0.4, 0.5) is 0 Å². The Hall–Kier alpha value is -3.37. The number of piperidine rings is 1. The number of rotatable bonds is 5. The van der Waals surface area contributed by atoms with Gasteiger partial charge in [-0.25, -0.2) is 13.4 Å². The smallest absolute Gasteiger partial charge is 0.262 e. The number of benzene rings is 3. The first-order valence-corrected chi connectivity index (χ1v) is 16.0. The van der Waals surface area contributed by atoms with Gasteiger partial charge in [0.2, 0.25) is 10.0 Å². The quantitative estimate of drug-likeness (QED) is 0.291. The van der Waals surface area contributed by atoms with Gasteiger partial charge in [0.1, 0.15) is 4.83 Å². The maximum atomic E-state index is 13.7. The molecule has 4 heterocycles. The van der Waals surface area contributed by atoms with Gasteiger partial charge in [-0.2, -0.15) is 4.31 Å². The van der Waals surface area contributed by atoms with E-state index in [1.165, 1.54) is 21.2 Å². The van der Waals surface area contributed by atoms with E-state index in [0.717, 1.165) is 53.7 Å². The Balaban J connectivity index is 1.11. The van der Waals surface area contributed by atoms with Gasteiger partial charge in [0, 0.05) is 43.6 Å². The van der Waals surface area contributed by atoms with Crippen molar-refractivity contribution in [2.45, 2.75) is 43.3 Å². The van der Waals surface area contributed by atoms with Crippen molar-refractivity contribution in [3.63, 3.8) is 0 Å². The summed E-state index contributed by atoms with van der Waals surface area (Å²) in [4.78, 5) is 22.8. The lowest BCUT2D eigenvalue weighted by atomic mass is 10.0. The zero-order chi connectivity index (χ0) is 27.3. The molecule has 2 aliphatic rings. The number of nitrogens with zero attached hydrogens (tertiary/aromatic N) is 4. The molecule has 9 heteroatoms. The van der Waals surface area contributed by atoms with E-state index in [4.69, 9.17) is 0 Å². The van der Waals surface area contributed by atoms with Crippen molar-refractivity contribution in [2.75, 3.05) is 19.6 Å². The van der Waals surface area contributed by atoms with Crippen molar-refractivity contribution in [1.29, 1.82) is 0 Å². The number of hydrogen-bond donors (Lipinski definition) is 0. The molecular weight excluding hydrogens is 541 g/mol. The first-order chi connectivity index (χ1) is 19.5. The summed E-state index contributed by atoms with van der Waals surface area (Å²) in [7, 11) is -3.67. The summed E-state index contributed by atoms with van der Waals surface area (Å²) in [5.41, 5.74) is 2.29. The predicted octanol–water partition coefficient (Wildman–Crippen LogP) is 5.20. The fourth-order valence-electron chi connectivity index (χ4n) is 6.11. The standard InChI is InChI=1S/C31H30N4O3S2/c36-31-29-27-14-17-34(40(37,38)26-11-10-23-8-4-5-9-24(23)18-26)20-28(27)39-30(29)32-21-35(31)25-12-15-33(16-13-25)19-22-6-2-1-3-7-22/h1-11,18,21,25H,12-17,19-20H2. The molecule has 2 aromatic heterocycles. The normalized spacial score (nSPS) is 17.4. The molecule has 3 aromatic carbocycles. The van der Waals surface area contributed by atoms with Crippen molar-refractivity contribution in [3.8, 4) is 0 Å². The largest absolute Gasteiger partial charge is 0.299 e. The Kier molecular flexibility index (Phi) is 6.54. The molecule has 1 saturated heterocycles. The fraction of sp³-hybridized carbons (Fsp3) is 0.290. The van der Waals surface area contributed by atoms with Gasteiger partial charge in [0.05, 0.1) is 16.6 Å². The first kappa shape index (κ1) is 25.6. The van der Waals surface area contributed by atoms with Crippen LogP contribution in [0.3, 0.4) is 0 Å². The van der Waals surface area contributed by atoms with Crippen LogP contribution in [0.25, 0.3) is 21.0 Å². The van der Waals surface area contributed by atoms with E-state index in [1.54, 1.807) is 18.5 Å². The van der Waals surface area contributed by atoms with E-state index in [9.17, 15) is 13.2 Å². The van der Waals surface area contributed by atoms with Gasteiger partial charge in [0.25, 0.3) is 5.56 Å². The Morgan fingerprint density at radius 3 is 2.45 bits per heavy atom. The third-order valence-electron chi connectivity index (χ3n) is 8.31. The SMILES string of the molecule is O=c1c2c3c(sc2ncn1C1CCN(Cc2ccccc2)CC1)CN(S(=O)(=O)c1ccc2ccccc2c1)CC3. The molecule has 0 atom stereocenters. The topological polar surface area (TPSA) is 75.5 Å². The van der Waals surface area contributed by atoms with Gasteiger partial charge in [-0.1, -0.05) is 60.7 Å². The van der Waals surface area contributed by atoms with E-state index in [1.807, 2.05) is 41.0 Å². The molecule has 0 radical (unpaired) electrons. The van der Waals surface area contributed by atoms with Crippen LogP contribution in [0.1, 0.15) is 34.9 Å². The Morgan fingerprint density at radius 2 is 1.65 bits per heavy atom. The molecule has 7 rings (SSSR count). The van der Waals surface area contributed by atoms with E-state index >= 15 is 0 Å². The Morgan fingerprint density at radius 1 is 0.900 bits per heavy atom. The van der Waals surface area contributed by atoms with Crippen molar-refractivity contribution < 1.29 is 8.42 Å². The summed E-state index contributed by atoms with van der Waals surface area (Å²) in [6, 6.07) is 23.7. The van der Waals surface area contributed by atoms with Crippen LogP contribution in [0.15, 0.2) is 88.8 Å². The van der Waals surface area contributed by atoms with Crippen molar-refractivity contribution in [2.24, 2.45) is 0 Å². The van der Waals surface area contributed by atoms with Crippen molar-refractivity contribution >= 4 is 42.3 Å². The van der Waals surface area contributed by atoms with Crippen LogP contribution in [0.2, 0.25) is 0 Å². The highest BCUT2D eigenvalue weighted by molar-refractivity contribution is 7.89. The highest BCUT2D eigenvalue weighted by Crippen LogP contribution is 2.35. The maximum absolute atomic E-state index is 13.7. The number of thiophene rings is 1. The maximum Gasteiger partial charge on any atom is 0.262 e. The molecule has 0 unspecified atom stereocenters. The summed E-state index contributed by atoms with van der Waals surface area (Å²) < 4.78 is 30.5. The Bertz CT molecular complexity index is 1870. The summed E-state index contributed by atoms with van der Waals surface area (Å²) in [6.45, 7) is 3.42. The lowest BCUT2D eigenvalue weighted by Crippen LogP contribution is -2.37. The monoisotopic (exact) mass is 570 g/mol. The fourth-order valence-corrected chi connectivity index (χ4v) is 8.83. The number of sulfonamides is 1. The zero-order valence-corrected chi connectivity index (χ0v) is 23.7. The molecular formula is C31H30N4O3S2. The minimum absolute atomic E-state index is 0.00912. The van der Waals surface area contributed by atoms with E-state index in [2.05, 4.69) is 34.1 Å². The molecule has 0 saturated carbocycles. The van der Waals surface area contributed by atoms with Gasteiger partial charge >= 0.3 is 0 Å². The average molecular weight is 571 g/mol. The molecule has 0 aliphatic carbocycles. The zero-order valence-electron chi connectivity index (χ0n) is 22.1. The highest BCUT2D eigenvalue weighted by Gasteiger charge is 2.32. The second-order valence-corrected chi connectivity index (χ2v) is 13.8. The summed E-state index contributed by atoms with van der Waals surface area (Å²) in [6.07, 6.45) is 4.03. The van der Waals surface area contributed by atoms with Crippen molar-refractivity contribution in [3.05, 3.63) is 105 Å². The molecule has 204 valence electrons. The molecule has 2 aliphatic heterocycles. The molecule has 1 fully saturated rings. The van der Waals surface area contributed by atoms with Crippen LogP contribution in [0, 0.1) is 0 Å². The van der Waals surface area contributed by atoms with E-state index < -0.39 is 10.0 Å². The molecule has 0 N–H and O–H groups in total. The van der Waals surface area contributed by atoms with E-state index in [-0.39, 0.29) is 18.1 Å². The molecule has 0 bridgehead atoms. The van der Waals surface area contributed by atoms with Gasteiger partial charge < -0.3 is 0 Å². The third kappa shape index (κ3) is 4.56. The second-order valence-electron chi connectivity index (χ2n) is 10.7. The molecule has 0 amide bonds. The number of aromatic nitrogens is 2. The minimum atomic E-state index is -3.67. The summed E-state index contributed by atoms with van der Waals surface area (Å²) in [5, 5.41) is 2.59. The van der Waals surface area contributed by atoms with Crippen LogP contribution in [0.5, 0.6) is 0 Å². The minimum Gasteiger partial charge on any atom is -0.299 e. The van der Waals surface area contributed by atoms with Gasteiger partial charge in [-0.3, -0.25) is 14.3 Å². The lowest BCUT2D eigenvalue weighted by Gasteiger charge is -2.32. The van der Waals surface area contributed by atoms with Gasteiger partial charge in [-0.15, -0.1) is 11.3 Å². The highest BCUT2D eigenvalue weighted by atomic mass is 32.2. The summed E-state index contributed by atoms with van der Waals surface area (Å²) in [5.74, 6) is 0. The lowest BCUT2D eigenvalue weighted by molar-refractivity contribution is 0.177. The van der Waals surface area contributed by atoms with Crippen LogP contribution < -0.4 is 5.56 Å². The van der Waals surface area contributed by atoms with E-state index in [0.29, 0.717) is 28.1 Å². The summed E-state index contributed by atoms with van der Waals surface area (Å²) >= 11 is 1.45. The van der Waals surface area contributed by atoms with Crippen LogP contribution in [-0.4, -0.2) is 46.8 Å². The number of likely N-dealkylation sites (tertiary alicyclic amines) is 1. The third-order valence-corrected chi connectivity index (χ3v) is 11.3. The molecule has 40 heavy (non-hydrogen) atoms. The molecule has 7 nitrogen and oxygen atoms in total. The van der Waals surface area contributed by atoms with Crippen LogP contribution >= 0.6 is 11.3 Å². The average Bonchev–Trinajstić information content (AvgIpc) is 3.37. The second kappa shape index (κ2) is 10.2. The number of hydrogen-bond acceptors (Lipinski definition) is 6. The number of fused-ring (bicyclic) bond motifs is 4. The predicted molar refractivity (Wildman–Crippen MR) is 159 cm³/mol. The molecule has 0 spiro atoms. The van der Waals surface area contributed by atoms with Gasteiger partial charge in [0.15, 0.2) is 0 Å². The molecule has 5 aromatic rings. The first-order valence-electron chi connectivity index (χ1n) is 13.7.